The quantitative estimate of drug-likeness (QED) is 0.0161. The number of amides is 1. The van der Waals surface area contributed by atoms with E-state index in [0.717, 1.165) is 64.2 Å². The van der Waals surface area contributed by atoms with Gasteiger partial charge in [-0.25, -0.2) is 0 Å². The topological polar surface area (TPSA) is 114 Å². The summed E-state index contributed by atoms with van der Waals surface area (Å²) >= 11 is 0. The Bertz CT molecular complexity index is 1400. The van der Waals surface area contributed by atoms with Crippen LogP contribution < -0.4 is 10.2 Å². The van der Waals surface area contributed by atoms with Gasteiger partial charge in [-0.05, 0) is 57.4 Å². The number of nitrogens with one attached hydrogen (secondary N) is 1. The van der Waals surface area contributed by atoms with Gasteiger partial charge in [0.15, 0.2) is 0 Å². The highest BCUT2D eigenvalue weighted by atomic mass is 31.2. The summed E-state index contributed by atoms with van der Waals surface area (Å²) in [7, 11) is 1.18. The highest BCUT2D eigenvalue weighted by Gasteiger charge is 2.27. The Morgan fingerprint density at radius 1 is 0.461 bits per heavy atom. The minimum atomic E-state index is -4.70. The van der Waals surface area contributed by atoms with E-state index in [4.69, 9.17) is 13.8 Å². The van der Waals surface area contributed by atoms with Crippen molar-refractivity contribution >= 4 is 19.7 Å². The average Bonchev–Trinajstić information content (AvgIpc) is 3.38. The molecule has 0 aromatic heterocycles. The van der Waals surface area contributed by atoms with Crippen molar-refractivity contribution < 1.29 is 37.3 Å². The molecular weight excluding hydrogens is 964 g/mol. The Morgan fingerprint density at radius 2 is 0.789 bits per heavy atom. The highest BCUT2D eigenvalue weighted by Crippen LogP contribution is 2.38. The Balaban J connectivity index is 5.22. The monoisotopic (exact) mass is 1090 g/mol. The van der Waals surface area contributed by atoms with Gasteiger partial charge >= 0.3 is 5.97 Å². The van der Waals surface area contributed by atoms with Crippen LogP contribution in [0.5, 0.6) is 0 Å². The second-order valence-corrected chi connectivity index (χ2v) is 25.1. The van der Waals surface area contributed by atoms with E-state index >= 15 is 0 Å². The minimum Gasteiger partial charge on any atom is -0.756 e. The summed E-state index contributed by atoms with van der Waals surface area (Å²) < 4.78 is 30.4. The minimum absolute atomic E-state index is 0.0250. The van der Waals surface area contributed by atoms with Crippen LogP contribution in [0.25, 0.3) is 0 Å². The summed E-state index contributed by atoms with van der Waals surface area (Å²) in [6.45, 7) is 6.86. The summed E-state index contributed by atoms with van der Waals surface area (Å²) in [5, 5.41) is 3.02. The van der Waals surface area contributed by atoms with E-state index in [2.05, 4.69) is 50.4 Å². The van der Waals surface area contributed by atoms with Crippen molar-refractivity contribution in [2.24, 2.45) is 0 Å². The number of hydrogen-bond donors (Lipinski definition) is 1. The number of esters is 1. The van der Waals surface area contributed by atoms with Crippen molar-refractivity contribution in [2.75, 3.05) is 40.9 Å². The van der Waals surface area contributed by atoms with Gasteiger partial charge in [-0.2, -0.15) is 0 Å². The van der Waals surface area contributed by atoms with Crippen LogP contribution in [0.3, 0.4) is 0 Å². The van der Waals surface area contributed by atoms with Crippen molar-refractivity contribution in [1.82, 2.24) is 5.32 Å². The fraction of sp³-hybridized carbons (Fsp3) is 0.879. The van der Waals surface area contributed by atoms with Crippen LogP contribution in [-0.4, -0.2) is 69.4 Å². The second kappa shape index (κ2) is 56.5. The van der Waals surface area contributed by atoms with Gasteiger partial charge < -0.3 is 28.5 Å². The Hall–Kier alpha value is -1.77. The van der Waals surface area contributed by atoms with E-state index in [-0.39, 0.29) is 31.3 Å². The summed E-state index contributed by atoms with van der Waals surface area (Å²) in [6.07, 6.45) is 68.3. The number of carbonyl (C=O) groups is 2. The first-order chi connectivity index (χ1) is 36.9. The van der Waals surface area contributed by atoms with Crippen LogP contribution in [0.4, 0.5) is 0 Å². The van der Waals surface area contributed by atoms with Gasteiger partial charge in [-0.3, -0.25) is 14.2 Å². The van der Waals surface area contributed by atoms with Crippen LogP contribution in [-0.2, 0) is 27.9 Å². The zero-order valence-electron chi connectivity index (χ0n) is 51.2. The number of quaternary nitrogens is 1. The molecule has 1 N–H and O–H groups in total. The second-order valence-electron chi connectivity index (χ2n) is 23.7. The molecule has 0 radical (unpaired) electrons. The standard InChI is InChI=1S/C66H127N2O7P/c1-7-10-13-16-19-22-25-28-30-32-33-34-35-36-38-41-44-47-50-53-56-59-66(70)75-64(57-54-51-48-45-42-39-27-24-21-18-15-12-9-3)63(62-74-76(71,72)73-61-60-68(4,5)6)67-65(69)58-55-52-49-46-43-40-37-31-29-26-23-20-17-14-11-8-2/h31,37,40,43,54,57,63-64H,7-30,32-36,38-39,41-42,44-53,55-56,58-62H2,1-6H3,(H-,67,69,71,72)/b37-31+,43-40+,57-54+. The molecule has 3 unspecified atom stereocenters. The third-order valence-electron chi connectivity index (χ3n) is 14.9. The lowest BCUT2D eigenvalue weighted by atomic mass is 10.0. The molecule has 0 saturated heterocycles. The van der Waals surface area contributed by atoms with Crippen molar-refractivity contribution in [3.05, 3.63) is 36.5 Å². The predicted octanol–water partition coefficient (Wildman–Crippen LogP) is 19.7. The van der Waals surface area contributed by atoms with Gasteiger partial charge in [-0.15, -0.1) is 0 Å². The third-order valence-corrected chi connectivity index (χ3v) is 15.8. The largest absolute Gasteiger partial charge is 0.756 e. The van der Waals surface area contributed by atoms with Crippen LogP contribution in [0.2, 0.25) is 0 Å². The van der Waals surface area contributed by atoms with Gasteiger partial charge in [0.25, 0.3) is 7.82 Å². The highest BCUT2D eigenvalue weighted by molar-refractivity contribution is 7.45. The lowest BCUT2D eigenvalue weighted by Crippen LogP contribution is -2.47. The maximum absolute atomic E-state index is 13.5. The van der Waals surface area contributed by atoms with E-state index < -0.39 is 26.6 Å². The number of nitrogens with zero attached hydrogens (tertiary/aromatic N) is 1. The number of allylic oxidation sites excluding steroid dienone is 5. The molecule has 0 aromatic rings. The van der Waals surface area contributed by atoms with Gasteiger partial charge in [0.05, 0.1) is 33.8 Å². The number of phosphoric acid groups is 1. The van der Waals surface area contributed by atoms with E-state index in [1.807, 2.05) is 33.3 Å². The van der Waals surface area contributed by atoms with Gasteiger partial charge in [-0.1, -0.05) is 289 Å². The lowest BCUT2D eigenvalue weighted by molar-refractivity contribution is -0.870. The predicted molar refractivity (Wildman–Crippen MR) is 326 cm³/mol. The van der Waals surface area contributed by atoms with Crippen LogP contribution in [0, 0.1) is 0 Å². The molecule has 0 aliphatic rings. The molecule has 0 saturated carbocycles. The Morgan fingerprint density at radius 3 is 1.17 bits per heavy atom. The van der Waals surface area contributed by atoms with Crippen LogP contribution in [0.1, 0.15) is 323 Å². The Labute approximate surface area is 472 Å². The van der Waals surface area contributed by atoms with Gasteiger partial charge in [0.2, 0.25) is 5.91 Å². The van der Waals surface area contributed by atoms with Crippen molar-refractivity contribution in [1.29, 1.82) is 0 Å². The number of hydrogen-bond acceptors (Lipinski definition) is 7. The van der Waals surface area contributed by atoms with Gasteiger partial charge in [0, 0.05) is 12.8 Å². The number of rotatable bonds is 60. The summed E-state index contributed by atoms with van der Waals surface area (Å²) in [4.78, 5) is 40.0. The molecule has 10 heteroatoms. The number of carbonyl (C=O) groups excluding carboxylic acids is 2. The summed E-state index contributed by atoms with van der Waals surface area (Å²) in [5.74, 6) is -0.556. The maximum atomic E-state index is 13.5. The number of phosphoric ester groups is 1. The van der Waals surface area contributed by atoms with E-state index in [1.54, 1.807) is 0 Å². The van der Waals surface area contributed by atoms with Crippen LogP contribution in [0.15, 0.2) is 36.5 Å². The fourth-order valence-corrected chi connectivity index (χ4v) is 10.5. The summed E-state index contributed by atoms with van der Waals surface area (Å²) in [5.41, 5.74) is 0. The molecule has 0 aliphatic heterocycles. The Kier molecular flexibility index (Phi) is 55.2. The molecule has 1 amide bonds. The molecule has 0 spiro atoms. The molecule has 0 heterocycles. The molecule has 0 bridgehead atoms. The first-order valence-corrected chi connectivity index (χ1v) is 34.3. The molecule has 0 aliphatic carbocycles. The van der Waals surface area contributed by atoms with Crippen molar-refractivity contribution in [3.8, 4) is 0 Å². The number of ether oxygens (including phenoxy) is 1. The first-order valence-electron chi connectivity index (χ1n) is 32.8. The van der Waals surface area contributed by atoms with Crippen molar-refractivity contribution in [3.63, 3.8) is 0 Å². The van der Waals surface area contributed by atoms with Crippen molar-refractivity contribution in [2.45, 2.75) is 335 Å². The molecule has 9 nitrogen and oxygen atoms in total. The molecule has 3 atom stereocenters. The number of unbranched alkanes of at least 4 members (excludes halogenated alkanes) is 41. The SMILES string of the molecule is CCCCCCCCC/C=C/C=C/CCCCCC(=O)NC(COP(=O)([O-])OCC[N+](C)(C)C)C(/C=C/CCCCCCCCCCCCC)OC(=O)CCCCCCCCCCCCCCCCCCCCCCC. The molecule has 0 rings (SSSR count). The first kappa shape index (κ1) is 74.2. The van der Waals surface area contributed by atoms with E-state index in [9.17, 15) is 19.0 Å². The third kappa shape index (κ3) is 56.9. The lowest BCUT2D eigenvalue weighted by Gasteiger charge is -2.30. The molecule has 0 aromatic carbocycles. The number of likely N-dealkylation sites (N-methyl/N-ethyl adjacent to an activating group) is 1. The van der Waals surface area contributed by atoms with Gasteiger partial charge in [0.1, 0.15) is 19.3 Å². The summed E-state index contributed by atoms with van der Waals surface area (Å²) in [6, 6.07) is -0.898. The zero-order chi connectivity index (χ0) is 55.7. The van der Waals surface area contributed by atoms with E-state index in [1.165, 1.54) is 218 Å². The normalized spacial score (nSPS) is 13.8. The zero-order valence-corrected chi connectivity index (χ0v) is 52.1. The molecule has 76 heavy (non-hydrogen) atoms. The molecular formula is C66H127N2O7P. The molecule has 0 fully saturated rings. The maximum Gasteiger partial charge on any atom is 0.306 e. The average molecular weight is 1090 g/mol. The van der Waals surface area contributed by atoms with E-state index in [0.29, 0.717) is 17.4 Å². The smallest absolute Gasteiger partial charge is 0.306 e. The molecule has 448 valence electrons. The fourth-order valence-electron chi connectivity index (χ4n) is 9.75. The van der Waals surface area contributed by atoms with Crippen LogP contribution >= 0.6 is 7.82 Å².